The Kier molecular flexibility index (Phi) is 5.08. The predicted octanol–water partition coefficient (Wildman–Crippen LogP) is 2.14. The molecule has 0 aliphatic carbocycles. The Morgan fingerprint density at radius 3 is 2.81 bits per heavy atom. The van der Waals surface area contributed by atoms with Gasteiger partial charge in [-0.2, -0.15) is 0 Å². The van der Waals surface area contributed by atoms with Crippen molar-refractivity contribution in [3.8, 4) is 0 Å². The van der Waals surface area contributed by atoms with Crippen molar-refractivity contribution in [2.45, 2.75) is 26.3 Å². The summed E-state index contributed by atoms with van der Waals surface area (Å²) in [4.78, 5) is 45.4. The van der Waals surface area contributed by atoms with Gasteiger partial charge >= 0.3 is 5.97 Å². The minimum atomic E-state index is -1.19. The number of carboxylic acids is 1. The lowest BCUT2D eigenvalue weighted by Crippen LogP contribution is -2.31. The maximum Gasteiger partial charge on any atom is 0.337 e. The van der Waals surface area contributed by atoms with Crippen LogP contribution >= 0.6 is 11.3 Å². The first kappa shape index (κ1) is 17.7. The second-order valence-electron chi connectivity index (χ2n) is 5.57. The van der Waals surface area contributed by atoms with Crippen molar-refractivity contribution >= 4 is 39.2 Å². The Morgan fingerprint density at radius 2 is 2.15 bits per heavy atom. The fourth-order valence-electron chi connectivity index (χ4n) is 2.56. The van der Waals surface area contributed by atoms with Crippen molar-refractivity contribution in [3.05, 3.63) is 51.5 Å². The molecule has 2 N–H and O–H groups in total. The third-order valence-electron chi connectivity index (χ3n) is 3.71. The molecule has 0 aliphatic heterocycles. The number of aromatic nitrogens is 3. The average molecular weight is 372 g/mol. The Morgan fingerprint density at radius 1 is 1.35 bits per heavy atom. The number of nitrogens with zero attached hydrogens (tertiary/aromatic N) is 3. The predicted molar refractivity (Wildman–Crippen MR) is 97.7 cm³/mol. The first-order valence-electron chi connectivity index (χ1n) is 7.96. The van der Waals surface area contributed by atoms with Crippen LogP contribution in [0.5, 0.6) is 0 Å². The van der Waals surface area contributed by atoms with Gasteiger partial charge in [0, 0.05) is 18.0 Å². The lowest BCUT2D eigenvalue weighted by Gasteiger charge is -2.12. The molecule has 0 saturated carbocycles. The quantitative estimate of drug-likeness (QED) is 0.685. The smallest absolute Gasteiger partial charge is 0.337 e. The summed E-state index contributed by atoms with van der Waals surface area (Å²) in [5.41, 5.74) is -0.613. The number of hydrogen-bond donors (Lipinski definition) is 2. The summed E-state index contributed by atoms with van der Waals surface area (Å²) in [6.45, 7) is 1.67. The number of nitrogens with one attached hydrogen (secondary N) is 1. The Hall–Kier alpha value is -3.07. The lowest BCUT2D eigenvalue weighted by atomic mass is 10.2. The molecule has 0 bridgehead atoms. The molecule has 26 heavy (non-hydrogen) atoms. The molecule has 9 heteroatoms. The largest absolute Gasteiger partial charge is 0.478 e. The highest BCUT2D eigenvalue weighted by atomic mass is 32.1. The van der Waals surface area contributed by atoms with Crippen LogP contribution in [0.15, 0.2) is 34.6 Å². The molecule has 3 aromatic heterocycles. The van der Waals surface area contributed by atoms with Crippen LogP contribution in [0.25, 0.3) is 10.2 Å². The topological polar surface area (TPSA) is 114 Å². The highest BCUT2D eigenvalue weighted by Crippen LogP contribution is 2.22. The molecule has 0 aromatic carbocycles. The molecule has 3 rings (SSSR count). The van der Waals surface area contributed by atoms with Gasteiger partial charge in [0.25, 0.3) is 5.56 Å². The van der Waals surface area contributed by atoms with Gasteiger partial charge in [-0.3, -0.25) is 14.2 Å². The van der Waals surface area contributed by atoms with E-state index in [1.165, 1.54) is 9.95 Å². The number of anilines is 1. The van der Waals surface area contributed by atoms with Crippen molar-refractivity contribution < 1.29 is 14.7 Å². The van der Waals surface area contributed by atoms with Crippen LogP contribution in [-0.4, -0.2) is 31.5 Å². The summed E-state index contributed by atoms with van der Waals surface area (Å²) in [5, 5.41) is 13.3. The first-order chi connectivity index (χ1) is 12.5. The minimum absolute atomic E-state index is 0.0352. The summed E-state index contributed by atoms with van der Waals surface area (Å²) in [5.74, 6) is -0.794. The zero-order valence-electron chi connectivity index (χ0n) is 13.9. The number of aromatic carboxylic acids is 1. The van der Waals surface area contributed by atoms with Crippen LogP contribution in [0.4, 0.5) is 5.82 Å². The lowest BCUT2D eigenvalue weighted by molar-refractivity contribution is -0.116. The number of rotatable bonds is 6. The number of amides is 1. The van der Waals surface area contributed by atoms with E-state index in [1.807, 2.05) is 6.92 Å². The number of thiophene rings is 1. The minimum Gasteiger partial charge on any atom is -0.478 e. The van der Waals surface area contributed by atoms with E-state index < -0.39 is 17.4 Å². The van der Waals surface area contributed by atoms with E-state index in [2.05, 4.69) is 15.3 Å². The van der Waals surface area contributed by atoms with E-state index in [4.69, 9.17) is 0 Å². The van der Waals surface area contributed by atoms with Crippen LogP contribution < -0.4 is 10.9 Å². The number of carboxylic acid groups (broad SMARTS) is 1. The molecular weight excluding hydrogens is 356 g/mol. The normalized spacial score (nSPS) is 10.8. The third kappa shape index (κ3) is 3.47. The molecule has 0 unspecified atom stereocenters. The molecule has 0 atom stereocenters. The average Bonchev–Trinajstić information content (AvgIpc) is 3.04. The fourth-order valence-corrected chi connectivity index (χ4v) is 3.49. The van der Waals surface area contributed by atoms with E-state index >= 15 is 0 Å². The highest BCUT2D eigenvalue weighted by molar-refractivity contribution is 7.17. The molecule has 3 aromatic rings. The molecule has 8 nitrogen and oxygen atoms in total. The summed E-state index contributed by atoms with van der Waals surface area (Å²) in [7, 11) is 0. The van der Waals surface area contributed by atoms with E-state index in [-0.39, 0.29) is 17.5 Å². The summed E-state index contributed by atoms with van der Waals surface area (Å²) < 4.78 is 1.24. The standard InChI is InChI=1S/C17H16N4O4S/c1-2-5-12-20-15-14(10(9-26-15)17(24)25)16(23)21(12)8-13(22)19-11-6-3-4-7-18-11/h3-4,6-7,9H,2,5,8H2,1H3,(H,24,25)(H,18,19,22). The number of carbonyl (C=O) groups is 2. The van der Waals surface area contributed by atoms with Gasteiger partial charge in [0.05, 0.1) is 10.9 Å². The Balaban J connectivity index is 2.02. The second kappa shape index (κ2) is 7.44. The van der Waals surface area contributed by atoms with Crippen LogP contribution in [-0.2, 0) is 17.8 Å². The number of carbonyl (C=O) groups excluding carboxylic acids is 1. The Bertz CT molecular complexity index is 1030. The van der Waals surface area contributed by atoms with Crippen LogP contribution in [0, 0.1) is 0 Å². The molecule has 0 aliphatic rings. The number of fused-ring (bicyclic) bond motifs is 1. The van der Waals surface area contributed by atoms with E-state index in [0.29, 0.717) is 22.9 Å². The van der Waals surface area contributed by atoms with E-state index in [9.17, 15) is 19.5 Å². The molecule has 0 saturated heterocycles. The SMILES string of the molecule is CCCc1nc2scc(C(=O)O)c2c(=O)n1CC(=O)Nc1ccccn1. The van der Waals surface area contributed by atoms with E-state index in [0.717, 1.165) is 17.8 Å². The molecule has 1 amide bonds. The van der Waals surface area contributed by atoms with E-state index in [1.54, 1.807) is 24.4 Å². The maximum absolute atomic E-state index is 12.9. The maximum atomic E-state index is 12.9. The van der Waals surface area contributed by atoms with Gasteiger partial charge in [0.15, 0.2) is 0 Å². The van der Waals surface area contributed by atoms with Gasteiger partial charge < -0.3 is 10.4 Å². The molecule has 0 fully saturated rings. The third-order valence-corrected chi connectivity index (χ3v) is 4.58. The number of hydrogen-bond acceptors (Lipinski definition) is 6. The number of pyridine rings is 1. The second-order valence-corrected chi connectivity index (χ2v) is 6.43. The van der Waals surface area contributed by atoms with Gasteiger partial charge in [-0.05, 0) is 18.6 Å². The zero-order valence-corrected chi connectivity index (χ0v) is 14.7. The number of aryl methyl sites for hydroxylation is 1. The van der Waals surface area contributed by atoms with Gasteiger partial charge in [0.2, 0.25) is 5.91 Å². The van der Waals surface area contributed by atoms with Gasteiger partial charge in [-0.25, -0.2) is 14.8 Å². The molecular formula is C17H16N4O4S. The van der Waals surface area contributed by atoms with Crippen molar-refractivity contribution in [2.24, 2.45) is 0 Å². The van der Waals surface area contributed by atoms with Crippen LogP contribution in [0.2, 0.25) is 0 Å². The van der Waals surface area contributed by atoms with Crippen LogP contribution in [0.1, 0.15) is 29.5 Å². The van der Waals surface area contributed by atoms with Crippen LogP contribution in [0.3, 0.4) is 0 Å². The van der Waals surface area contributed by atoms with Gasteiger partial charge in [-0.15, -0.1) is 11.3 Å². The van der Waals surface area contributed by atoms with Crippen molar-refractivity contribution in [2.75, 3.05) is 5.32 Å². The molecule has 0 spiro atoms. The summed E-state index contributed by atoms with van der Waals surface area (Å²) in [6.07, 6.45) is 2.78. The van der Waals surface area contributed by atoms with Crippen molar-refractivity contribution in [1.82, 2.24) is 14.5 Å². The zero-order chi connectivity index (χ0) is 18.7. The first-order valence-corrected chi connectivity index (χ1v) is 8.84. The molecule has 134 valence electrons. The summed E-state index contributed by atoms with van der Waals surface area (Å²) in [6, 6.07) is 5.09. The molecule has 0 radical (unpaired) electrons. The summed E-state index contributed by atoms with van der Waals surface area (Å²) >= 11 is 1.11. The van der Waals surface area contributed by atoms with Gasteiger partial charge in [0.1, 0.15) is 23.0 Å². The Labute approximate surface area is 152 Å². The monoisotopic (exact) mass is 372 g/mol. The van der Waals surface area contributed by atoms with Gasteiger partial charge in [-0.1, -0.05) is 13.0 Å². The highest BCUT2D eigenvalue weighted by Gasteiger charge is 2.20. The van der Waals surface area contributed by atoms with Crippen molar-refractivity contribution in [1.29, 1.82) is 0 Å². The van der Waals surface area contributed by atoms with Crippen molar-refractivity contribution in [3.63, 3.8) is 0 Å². The molecule has 3 heterocycles. The fraction of sp³-hybridized carbons (Fsp3) is 0.235.